The number of piperazine rings is 1. The first-order valence-corrected chi connectivity index (χ1v) is 14.3. The number of ketones is 4. The molecule has 0 radical (unpaired) electrons. The van der Waals surface area contributed by atoms with E-state index in [1.54, 1.807) is 41.5 Å². The quantitative estimate of drug-likeness (QED) is 0.414. The predicted molar refractivity (Wildman–Crippen MR) is 155 cm³/mol. The van der Waals surface area contributed by atoms with E-state index in [1.807, 2.05) is 0 Å². The van der Waals surface area contributed by atoms with Crippen LogP contribution in [-0.4, -0.2) is 92.3 Å². The number of hydrogen-bond acceptors (Lipinski definition) is 8. The monoisotopic (exact) mass is 582 g/mol. The molecule has 0 aromatic heterocycles. The van der Waals surface area contributed by atoms with E-state index < -0.39 is 23.0 Å². The summed E-state index contributed by atoms with van der Waals surface area (Å²) in [6, 6.07) is 0. The van der Waals surface area contributed by atoms with E-state index in [0.717, 1.165) is 0 Å². The standard InChI is InChI=1S/C32H42N2O8/c1-17-19(3)27(37)23(21(5)25(17)35)9-11-31(7,41)29(39)33-13-15-34(16-14-33)30(40)32(8,42)12-10-24-22(6)26(36)18(2)20(4)28(24)38/h41-42H,9-16H2,1-8H3. The van der Waals surface area contributed by atoms with Gasteiger partial charge in [0.15, 0.2) is 23.1 Å². The van der Waals surface area contributed by atoms with Gasteiger partial charge in [-0.2, -0.15) is 0 Å². The van der Waals surface area contributed by atoms with Crippen molar-refractivity contribution in [3.05, 3.63) is 44.6 Å². The minimum atomic E-state index is -1.79. The molecule has 10 heteroatoms. The molecular formula is C32H42N2O8. The minimum absolute atomic E-state index is 0.0532. The highest BCUT2D eigenvalue weighted by Gasteiger charge is 2.41. The number of nitrogens with zero attached hydrogens (tertiary/aromatic N) is 2. The van der Waals surface area contributed by atoms with Crippen LogP contribution in [0.15, 0.2) is 44.6 Å². The van der Waals surface area contributed by atoms with Crippen molar-refractivity contribution in [3.63, 3.8) is 0 Å². The van der Waals surface area contributed by atoms with E-state index in [0.29, 0.717) is 44.6 Å². The zero-order chi connectivity index (χ0) is 31.9. The van der Waals surface area contributed by atoms with Gasteiger partial charge in [0.1, 0.15) is 11.2 Å². The number of amides is 2. The molecule has 0 aromatic carbocycles. The number of aliphatic hydroxyl groups is 2. The third-order valence-electron chi connectivity index (χ3n) is 9.12. The summed E-state index contributed by atoms with van der Waals surface area (Å²) in [5, 5.41) is 22.0. The molecular weight excluding hydrogens is 540 g/mol. The molecule has 3 aliphatic rings. The van der Waals surface area contributed by atoms with E-state index in [9.17, 15) is 39.0 Å². The van der Waals surface area contributed by atoms with Crippen molar-refractivity contribution in [2.45, 2.75) is 92.3 Å². The number of Topliss-reactive ketones (excluding diaryl/α,β-unsaturated/α-hetero) is 4. The van der Waals surface area contributed by atoms with Crippen LogP contribution in [0.4, 0.5) is 0 Å². The molecule has 0 spiro atoms. The lowest BCUT2D eigenvalue weighted by atomic mass is 9.82. The second-order valence-corrected chi connectivity index (χ2v) is 12.2. The summed E-state index contributed by atoms with van der Waals surface area (Å²) in [6.45, 7) is 12.9. The molecule has 2 amide bonds. The largest absolute Gasteiger partial charge is 0.380 e. The first-order chi connectivity index (χ1) is 19.3. The SMILES string of the molecule is CC1=C(C)C(=O)C(CCC(C)(O)C(=O)N2CCN(C(=O)C(C)(O)CCC3=C(C)C(=O)C(C)=C(C)C3=O)CC2)=C(C)C1=O. The third-order valence-corrected chi connectivity index (χ3v) is 9.12. The Bertz CT molecular complexity index is 1290. The Labute approximate surface area is 246 Å². The Morgan fingerprint density at radius 1 is 0.548 bits per heavy atom. The van der Waals surface area contributed by atoms with E-state index in [4.69, 9.17) is 0 Å². The third kappa shape index (κ3) is 6.15. The van der Waals surface area contributed by atoms with Gasteiger partial charge < -0.3 is 20.0 Å². The molecule has 1 heterocycles. The molecule has 0 bridgehead atoms. The van der Waals surface area contributed by atoms with E-state index in [2.05, 4.69) is 0 Å². The number of allylic oxidation sites excluding steroid dienone is 8. The molecule has 2 unspecified atom stereocenters. The summed E-state index contributed by atoms with van der Waals surface area (Å²) in [5.74, 6) is -2.01. The van der Waals surface area contributed by atoms with Crippen molar-refractivity contribution in [3.8, 4) is 0 Å². The molecule has 0 saturated carbocycles. The van der Waals surface area contributed by atoms with Crippen molar-refractivity contribution < 1.29 is 39.0 Å². The zero-order valence-corrected chi connectivity index (χ0v) is 25.9. The van der Waals surface area contributed by atoms with Gasteiger partial charge in [0.25, 0.3) is 11.8 Å². The van der Waals surface area contributed by atoms with E-state index in [-0.39, 0.29) is 75.0 Å². The summed E-state index contributed by atoms with van der Waals surface area (Å²) in [5.41, 5.74) is -0.758. The highest BCUT2D eigenvalue weighted by atomic mass is 16.3. The van der Waals surface area contributed by atoms with Crippen LogP contribution in [0.1, 0.15) is 81.1 Å². The van der Waals surface area contributed by atoms with Gasteiger partial charge in [0, 0.05) is 70.8 Å². The van der Waals surface area contributed by atoms with Crippen molar-refractivity contribution in [2.24, 2.45) is 0 Å². The van der Waals surface area contributed by atoms with Crippen LogP contribution in [0.5, 0.6) is 0 Å². The molecule has 2 atom stereocenters. The molecule has 1 aliphatic heterocycles. The van der Waals surface area contributed by atoms with Crippen molar-refractivity contribution in [1.82, 2.24) is 9.80 Å². The first-order valence-electron chi connectivity index (χ1n) is 14.3. The maximum absolute atomic E-state index is 13.2. The topological polar surface area (TPSA) is 149 Å². The smallest absolute Gasteiger partial charge is 0.254 e. The Balaban J connectivity index is 1.58. The fourth-order valence-electron chi connectivity index (χ4n) is 5.66. The fourth-order valence-corrected chi connectivity index (χ4v) is 5.66. The van der Waals surface area contributed by atoms with Crippen LogP contribution in [0, 0.1) is 0 Å². The molecule has 1 saturated heterocycles. The number of rotatable bonds is 8. The lowest BCUT2D eigenvalue weighted by Gasteiger charge is -2.40. The molecule has 3 rings (SSSR count). The molecule has 2 aliphatic carbocycles. The van der Waals surface area contributed by atoms with E-state index in [1.165, 1.54) is 23.6 Å². The summed E-state index contributed by atoms with van der Waals surface area (Å²) >= 11 is 0. The van der Waals surface area contributed by atoms with Gasteiger partial charge in [-0.25, -0.2) is 0 Å². The fraction of sp³-hybridized carbons (Fsp3) is 0.562. The van der Waals surface area contributed by atoms with Crippen LogP contribution < -0.4 is 0 Å². The molecule has 42 heavy (non-hydrogen) atoms. The minimum Gasteiger partial charge on any atom is -0.380 e. The zero-order valence-electron chi connectivity index (χ0n) is 25.9. The summed E-state index contributed by atoms with van der Waals surface area (Å²) in [4.78, 5) is 79.7. The molecule has 1 fully saturated rings. The number of hydrogen-bond donors (Lipinski definition) is 2. The lowest BCUT2D eigenvalue weighted by molar-refractivity contribution is -0.159. The second-order valence-electron chi connectivity index (χ2n) is 12.2. The van der Waals surface area contributed by atoms with Crippen LogP contribution in [0.2, 0.25) is 0 Å². The summed E-state index contributed by atoms with van der Waals surface area (Å²) < 4.78 is 0. The van der Waals surface area contributed by atoms with Crippen molar-refractivity contribution >= 4 is 34.9 Å². The molecule has 2 N–H and O–H groups in total. The van der Waals surface area contributed by atoms with Crippen LogP contribution in [0.3, 0.4) is 0 Å². The van der Waals surface area contributed by atoms with Crippen LogP contribution >= 0.6 is 0 Å². The highest BCUT2D eigenvalue weighted by molar-refractivity contribution is 6.25. The summed E-state index contributed by atoms with van der Waals surface area (Å²) in [6.07, 6.45) is 0.0325. The normalized spacial score (nSPS) is 21.9. The predicted octanol–water partition coefficient (Wildman–Crippen LogP) is 2.33. The van der Waals surface area contributed by atoms with Crippen LogP contribution in [0.25, 0.3) is 0 Å². The highest BCUT2D eigenvalue weighted by Crippen LogP contribution is 2.31. The molecule has 10 nitrogen and oxygen atoms in total. The van der Waals surface area contributed by atoms with Crippen LogP contribution in [-0.2, 0) is 28.8 Å². The van der Waals surface area contributed by atoms with Gasteiger partial charge in [-0.15, -0.1) is 0 Å². The average molecular weight is 583 g/mol. The first kappa shape index (κ1) is 33.0. The van der Waals surface area contributed by atoms with Gasteiger partial charge in [0.05, 0.1) is 0 Å². The Kier molecular flexibility index (Phi) is 9.44. The maximum atomic E-state index is 13.2. The van der Waals surface area contributed by atoms with Crippen molar-refractivity contribution in [1.29, 1.82) is 0 Å². The Morgan fingerprint density at radius 2 is 0.810 bits per heavy atom. The average Bonchev–Trinajstić information content (AvgIpc) is 2.96. The lowest BCUT2D eigenvalue weighted by Crippen LogP contribution is -2.58. The Hall–Kier alpha value is -3.50. The van der Waals surface area contributed by atoms with Crippen molar-refractivity contribution in [2.75, 3.05) is 26.2 Å². The maximum Gasteiger partial charge on any atom is 0.254 e. The van der Waals surface area contributed by atoms with Gasteiger partial charge in [0.2, 0.25) is 0 Å². The van der Waals surface area contributed by atoms with Gasteiger partial charge in [-0.05, 0) is 81.1 Å². The number of carbonyl (C=O) groups excluding carboxylic acids is 6. The molecule has 228 valence electrons. The molecule has 0 aromatic rings. The Morgan fingerprint density at radius 3 is 1.10 bits per heavy atom. The van der Waals surface area contributed by atoms with Gasteiger partial charge in [-0.1, -0.05) is 0 Å². The van der Waals surface area contributed by atoms with Gasteiger partial charge in [-0.3, -0.25) is 28.8 Å². The van der Waals surface area contributed by atoms with Gasteiger partial charge >= 0.3 is 0 Å². The second kappa shape index (κ2) is 12.0. The van der Waals surface area contributed by atoms with E-state index >= 15 is 0 Å². The summed E-state index contributed by atoms with van der Waals surface area (Å²) in [7, 11) is 0. The number of carbonyl (C=O) groups is 6.